The third-order valence-corrected chi connectivity index (χ3v) is 4.20. The summed E-state index contributed by atoms with van der Waals surface area (Å²) in [5.74, 6) is 2.21. The van der Waals surface area contributed by atoms with Crippen molar-refractivity contribution in [2.45, 2.75) is 31.1 Å². The molecule has 74 valence electrons. The molecule has 4 heteroatoms. The predicted molar refractivity (Wildman–Crippen MR) is 58.4 cm³/mol. The number of nitrogens with one attached hydrogen (secondary N) is 2. The number of rotatable bonds is 1. The number of hydrogen-bond acceptors (Lipinski definition) is 4. The van der Waals surface area contributed by atoms with Gasteiger partial charge in [-0.3, -0.25) is 4.99 Å². The van der Waals surface area contributed by atoms with E-state index in [2.05, 4.69) is 29.5 Å². The molecule has 2 N–H and O–H groups in total. The van der Waals surface area contributed by atoms with Gasteiger partial charge in [-0.2, -0.15) is 11.8 Å². The highest BCUT2D eigenvalue weighted by Gasteiger charge is 2.39. The lowest BCUT2D eigenvalue weighted by Crippen LogP contribution is -2.59. The van der Waals surface area contributed by atoms with E-state index in [1.54, 1.807) is 0 Å². The first kappa shape index (κ1) is 9.19. The molecule has 1 unspecified atom stereocenters. The van der Waals surface area contributed by atoms with Gasteiger partial charge in [0.2, 0.25) is 0 Å². The molecule has 2 heterocycles. The summed E-state index contributed by atoms with van der Waals surface area (Å²) in [4.78, 5) is 4.40. The van der Waals surface area contributed by atoms with Crippen LogP contribution in [-0.2, 0) is 0 Å². The lowest BCUT2D eigenvalue weighted by Gasteiger charge is -2.44. The zero-order chi connectivity index (χ0) is 9.31. The summed E-state index contributed by atoms with van der Waals surface area (Å²) in [6.45, 7) is 6.59. The molecule has 0 aliphatic carbocycles. The Morgan fingerprint density at radius 2 is 2.46 bits per heavy atom. The number of guanidine groups is 1. The Hall–Kier alpha value is -0.380. The van der Waals surface area contributed by atoms with Crippen LogP contribution >= 0.6 is 11.8 Å². The summed E-state index contributed by atoms with van der Waals surface area (Å²) >= 11 is 2.01. The van der Waals surface area contributed by atoms with Gasteiger partial charge in [-0.05, 0) is 20.3 Å². The largest absolute Gasteiger partial charge is 0.356 e. The van der Waals surface area contributed by atoms with Gasteiger partial charge in [0.05, 0.1) is 6.04 Å². The molecular formula is C9H17N3S. The Labute approximate surface area is 83.8 Å². The van der Waals surface area contributed by atoms with Crippen molar-refractivity contribution in [2.75, 3.05) is 18.8 Å². The topological polar surface area (TPSA) is 36.4 Å². The Balaban J connectivity index is 1.87. The number of thioether (sulfide) groups is 1. The first-order valence-corrected chi connectivity index (χ1v) is 5.86. The molecule has 2 rings (SSSR count). The minimum absolute atomic E-state index is 0.377. The molecule has 1 atom stereocenters. The fraction of sp³-hybridized carbons (Fsp3) is 0.889. The van der Waals surface area contributed by atoms with Crippen LogP contribution in [0.2, 0.25) is 0 Å². The minimum atomic E-state index is 0.377. The molecule has 0 aromatic heterocycles. The maximum atomic E-state index is 4.40. The van der Waals surface area contributed by atoms with Gasteiger partial charge in [0.25, 0.3) is 0 Å². The van der Waals surface area contributed by atoms with Gasteiger partial charge >= 0.3 is 0 Å². The predicted octanol–water partition coefficient (Wildman–Crippen LogP) is 0.819. The SMILES string of the molecule is CC1(C)SCC1NC1=NCCCN1. The average molecular weight is 199 g/mol. The van der Waals surface area contributed by atoms with Gasteiger partial charge in [0, 0.05) is 23.6 Å². The average Bonchev–Trinajstić information content (AvgIpc) is 2.15. The second-order valence-corrected chi connectivity index (χ2v) is 5.80. The monoisotopic (exact) mass is 199 g/mol. The molecule has 1 saturated heterocycles. The Morgan fingerprint density at radius 1 is 1.62 bits per heavy atom. The molecule has 0 aromatic rings. The van der Waals surface area contributed by atoms with Crippen molar-refractivity contribution < 1.29 is 0 Å². The maximum Gasteiger partial charge on any atom is 0.191 e. The molecule has 0 spiro atoms. The van der Waals surface area contributed by atoms with E-state index in [0.717, 1.165) is 25.5 Å². The van der Waals surface area contributed by atoms with E-state index in [1.165, 1.54) is 5.75 Å². The third-order valence-electron chi connectivity index (χ3n) is 2.67. The van der Waals surface area contributed by atoms with Crippen molar-refractivity contribution in [3.63, 3.8) is 0 Å². The summed E-state index contributed by atoms with van der Waals surface area (Å²) in [7, 11) is 0. The number of aliphatic imine (C=N–C) groups is 1. The maximum absolute atomic E-state index is 4.40. The highest BCUT2D eigenvalue weighted by atomic mass is 32.2. The van der Waals surface area contributed by atoms with Crippen molar-refractivity contribution in [1.29, 1.82) is 0 Å². The second kappa shape index (κ2) is 3.40. The molecular weight excluding hydrogens is 182 g/mol. The molecule has 1 fully saturated rings. The van der Waals surface area contributed by atoms with E-state index >= 15 is 0 Å². The molecule has 2 aliphatic heterocycles. The van der Waals surface area contributed by atoms with Crippen LogP contribution in [0.1, 0.15) is 20.3 Å². The first-order valence-electron chi connectivity index (χ1n) is 4.87. The van der Waals surface area contributed by atoms with Crippen molar-refractivity contribution >= 4 is 17.7 Å². The number of hydrogen-bond donors (Lipinski definition) is 2. The van der Waals surface area contributed by atoms with Crippen molar-refractivity contribution in [2.24, 2.45) is 4.99 Å². The molecule has 13 heavy (non-hydrogen) atoms. The Morgan fingerprint density at radius 3 is 2.92 bits per heavy atom. The van der Waals surface area contributed by atoms with E-state index in [4.69, 9.17) is 0 Å². The molecule has 0 saturated carbocycles. The zero-order valence-electron chi connectivity index (χ0n) is 8.26. The smallest absolute Gasteiger partial charge is 0.191 e. The van der Waals surface area contributed by atoms with Crippen LogP contribution in [0.3, 0.4) is 0 Å². The fourth-order valence-corrected chi connectivity index (χ4v) is 2.65. The van der Waals surface area contributed by atoms with E-state index in [-0.39, 0.29) is 0 Å². The van der Waals surface area contributed by atoms with Crippen LogP contribution in [0, 0.1) is 0 Å². The minimum Gasteiger partial charge on any atom is -0.356 e. The van der Waals surface area contributed by atoms with E-state index in [9.17, 15) is 0 Å². The second-order valence-electron chi connectivity index (χ2n) is 4.12. The van der Waals surface area contributed by atoms with Crippen molar-refractivity contribution in [1.82, 2.24) is 10.6 Å². The standard InChI is InChI=1S/C9H17N3S/c1-9(2)7(6-13-9)12-8-10-4-3-5-11-8/h7H,3-6H2,1-2H3,(H2,10,11,12). The molecule has 0 amide bonds. The van der Waals surface area contributed by atoms with Crippen LogP contribution < -0.4 is 10.6 Å². The van der Waals surface area contributed by atoms with Crippen LogP contribution in [0.15, 0.2) is 4.99 Å². The van der Waals surface area contributed by atoms with Crippen LogP contribution in [-0.4, -0.2) is 35.6 Å². The van der Waals surface area contributed by atoms with E-state index in [0.29, 0.717) is 10.8 Å². The summed E-state index contributed by atoms with van der Waals surface area (Å²) in [6.07, 6.45) is 1.16. The summed E-state index contributed by atoms with van der Waals surface area (Å²) in [5.41, 5.74) is 0. The van der Waals surface area contributed by atoms with Crippen molar-refractivity contribution in [3.05, 3.63) is 0 Å². The quantitative estimate of drug-likeness (QED) is 0.656. The highest BCUT2D eigenvalue weighted by Crippen LogP contribution is 2.39. The lowest BCUT2D eigenvalue weighted by atomic mass is 10.0. The van der Waals surface area contributed by atoms with Gasteiger partial charge in [-0.25, -0.2) is 0 Å². The van der Waals surface area contributed by atoms with Gasteiger partial charge in [-0.15, -0.1) is 0 Å². The van der Waals surface area contributed by atoms with Crippen LogP contribution in [0.25, 0.3) is 0 Å². The highest BCUT2D eigenvalue weighted by molar-refractivity contribution is 8.02. The molecule has 0 bridgehead atoms. The number of nitrogens with zero attached hydrogens (tertiary/aromatic N) is 1. The molecule has 0 radical (unpaired) electrons. The normalized spacial score (nSPS) is 31.2. The zero-order valence-corrected chi connectivity index (χ0v) is 9.08. The fourth-order valence-electron chi connectivity index (χ4n) is 1.51. The first-order chi connectivity index (χ1) is 6.18. The Bertz CT molecular complexity index is 225. The van der Waals surface area contributed by atoms with E-state index < -0.39 is 0 Å². The third kappa shape index (κ3) is 1.93. The van der Waals surface area contributed by atoms with Gasteiger partial charge in [0.15, 0.2) is 5.96 Å². The molecule has 2 aliphatic rings. The lowest BCUT2D eigenvalue weighted by molar-refractivity contribution is 0.489. The summed E-state index contributed by atoms with van der Waals surface area (Å²) in [5, 5.41) is 6.75. The summed E-state index contributed by atoms with van der Waals surface area (Å²) < 4.78 is 0.377. The van der Waals surface area contributed by atoms with Gasteiger partial charge in [0.1, 0.15) is 0 Å². The van der Waals surface area contributed by atoms with Gasteiger partial charge in [-0.1, -0.05) is 0 Å². The Kier molecular flexibility index (Phi) is 2.41. The van der Waals surface area contributed by atoms with Crippen LogP contribution in [0.4, 0.5) is 0 Å². The van der Waals surface area contributed by atoms with E-state index in [1.807, 2.05) is 11.8 Å². The molecule has 3 nitrogen and oxygen atoms in total. The summed E-state index contributed by atoms with van der Waals surface area (Å²) in [6, 6.07) is 0.585. The molecule has 0 aromatic carbocycles. The van der Waals surface area contributed by atoms with Crippen molar-refractivity contribution in [3.8, 4) is 0 Å². The van der Waals surface area contributed by atoms with Crippen LogP contribution in [0.5, 0.6) is 0 Å². The van der Waals surface area contributed by atoms with Gasteiger partial charge < -0.3 is 10.6 Å².